The number of carbonyl (C=O) groups excluding carboxylic acids is 1. The van der Waals surface area contributed by atoms with Crippen molar-refractivity contribution in [2.45, 2.75) is 0 Å². The zero-order chi connectivity index (χ0) is 19.5. The molecule has 3 aromatic rings. The first-order valence-corrected chi connectivity index (χ1v) is 8.53. The summed E-state index contributed by atoms with van der Waals surface area (Å²) in [6, 6.07) is 23.5. The lowest BCUT2D eigenvalue weighted by molar-refractivity contribution is -0.384. The Hall–Kier alpha value is -4.06. The van der Waals surface area contributed by atoms with E-state index >= 15 is 0 Å². The van der Waals surface area contributed by atoms with Crippen molar-refractivity contribution in [3.63, 3.8) is 0 Å². The van der Waals surface area contributed by atoms with Crippen molar-refractivity contribution in [2.75, 3.05) is 0 Å². The molecule has 0 N–H and O–H groups in total. The van der Waals surface area contributed by atoms with Gasteiger partial charge >= 0.3 is 5.97 Å². The van der Waals surface area contributed by atoms with Crippen molar-refractivity contribution in [2.24, 2.45) is 4.99 Å². The molecule has 1 aliphatic rings. The quantitative estimate of drug-likeness (QED) is 0.291. The predicted octanol–water partition coefficient (Wildman–Crippen LogP) is 4.61. The molecule has 3 aromatic carbocycles. The summed E-state index contributed by atoms with van der Waals surface area (Å²) >= 11 is 0. The summed E-state index contributed by atoms with van der Waals surface area (Å²) in [4.78, 5) is 26.8. The van der Waals surface area contributed by atoms with Crippen LogP contribution in [-0.4, -0.2) is 16.8 Å². The van der Waals surface area contributed by atoms with Gasteiger partial charge in [-0.15, -0.1) is 0 Å². The number of ether oxygens (including phenoxy) is 1. The van der Waals surface area contributed by atoms with Crippen LogP contribution < -0.4 is 0 Å². The molecule has 0 saturated heterocycles. The van der Waals surface area contributed by atoms with Crippen LogP contribution in [0.15, 0.2) is 89.6 Å². The van der Waals surface area contributed by atoms with Crippen LogP contribution in [0.1, 0.15) is 11.1 Å². The number of esters is 1. The molecule has 136 valence electrons. The van der Waals surface area contributed by atoms with E-state index in [2.05, 4.69) is 4.99 Å². The Morgan fingerprint density at radius 3 is 2.25 bits per heavy atom. The van der Waals surface area contributed by atoms with E-state index in [0.717, 1.165) is 11.1 Å². The number of hydrogen-bond donors (Lipinski definition) is 0. The van der Waals surface area contributed by atoms with Crippen molar-refractivity contribution in [1.82, 2.24) is 0 Å². The van der Waals surface area contributed by atoms with Crippen LogP contribution in [0.4, 0.5) is 5.69 Å². The van der Waals surface area contributed by atoms with E-state index in [9.17, 15) is 14.9 Å². The first kappa shape index (κ1) is 17.4. The van der Waals surface area contributed by atoms with Gasteiger partial charge in [0.25, 0.3) is 5.69 Å². The van der Waals surface area contributed by atoms with Crippen molar-refractivity contribution in [3.05, 3.63) is 106 Å². The van der Waals surface area contributed by atoms with Crippen LogP contribution in [0.2, 0.25) is 0 Å². The van der Waals surface area contributed by atoms with Crippen LogP contribution in [0.3, 0.4) is 0 Å². The van der Waals surface area contributed by atoms with E-state index in [1.54, 1.807) is 12.1 Å². The van der Waals surface area contributed by atoms with Crippen LogP contribution in [-0.2, 0) is 9.53 Å². The summed E-state index contributed by atoms with van der Waals surface area (Å²) in [5.41, 5.74) is 3.36. The highest BCUT2D eigenvalue weighted by atomic mass is 16.6. The van der Waals surface area contributed by atoms with E-state index in [-0.39, 0.29) is 17.3 Å². The SMILES string of the molecule is O=C1OC(c2ccc(-c3ccccc3)cc2)=N/C1=C\c1cccc([N+](=O)[O-])c1. The Balaban J connectivity index is 1.61. The average Bonchev–Trinajstić information content (AvgIpc) is 3.09. The number of nitrogens with zero attached hydrogens (tertiary/aromatic N) is 2. The molecule has 1 heterocycles. The monoisotopic (exact) mass is 370 g/mol. The molecule has 1 aliphatic heterocycles. The molecule has 0 aromatic heterocycles. The van der Waals surface area contributed by atoms with Crippen molar-refractivity contribution in [3.8, 4) is 11.1 Å². The lowest BCUT2D eigenvalue weighted by Crippen LogP contribution is -2.05. The van der Waals surface area contributed by atoms with Crippen molar-refractivity contribution in [1.29, 1.82) is 0 Å². The molecule has 0 bridgehead atoms. The molecule has 0 spiro atoms. The standard InChI is InChI=1S/C22H14N2O4/c25-22-20(14-15-5-4-8-19(13-15)24(26)27)23-21(28-22)18-11-9-17(10-12-18)16-6-2-1-3-7-16/h1-14H/b20-14-. The lowest BCUT2D eigenvalue weighted by atomic mass is 10.0. The predicted molar refractivity (Wildman–Crippen MR) is 106 cm³/mol. The minimum atomic E-state index is -0.589. The fourth-order valence-electron chi connectivity index (χ4n) is 2.85. The van der Waals surface area contributed by atoms with Crippen LogP contribution in [0.5, 0.6) is 0 Å². The van der Waals surface area contributed by atoms with Gasteiger partial charge in [0.1, 0.15) is 0 Å². The normalized spacial score (nSPS) is 14.6. The Morgan fingerprint density at radius 1 is 0.857 bits per heavy atom. The summed E-state index contributed by atoms with van der Waals surface area (Å²) in [5, 5.41) is 10.9. The Labute approximate surface area is 160 Å². The minimum Gasteiger partial charge on any atom is -0.402 e. The summed E-state index contributed by atoms with van der Waals surface area (Å²) in [5.74, 6) is -0.380. The second-order valence-electron chi connectivity index (χ2n) is 6.13. The van der Waals surface area contributed by atoms with Crippen LogP contribution in [0.25, 0.3) is 17.2 Å². The van der Waals surface area contributed by atoms with E-state index < -0.39 is 10.9 Å². The zero-order valence-corrected chi connectivity index (χ0v) is 14.6. The molecule has 0 fully saturated rings. The summed E-state index contributed by atoms with van der Waals surface area (Å²) in [6.07, 6.45) is 1.47. The molecule has 0 saturated carbocycles. The second kappa shape index (κ2) is 7.28. The number of non-ortho nitro benzene ring substituents is 1. The average molecular weight is 370 g/mol. The molecule has 28 heavy (non-hydrogen) atoms. The smallest absolute Gasteiger partial charge is 0.363 e. The highest BCUT2D eigenvalue weighted by Gasteiger charge is 2.24. The van der Waals surface area contributed by atoms with Gasteiger partial charge in [-0.3, -0.25) is 10.1 Å². The molecule has 6 heteroatoms. The number of hydrogen-bond acceptors (Lipinski definition) is 5. The van der Waals surface area contributed by atoms with Gasteiger partial charge < -0.3 is 4.74 Å². The molecular formula is C22H14N2O4. The fourth-order valence-corrected chi connectivity index (χ4v) is 2.85. The van der Waals surface area contributed by atoms with Gasteiger partial charge in [0.2, 0.25) is 5.90 Å². The molecule has 6 nitrogen and oxygen atoms in total. The fraction of sp³-hybridized carbons (Fsp3) is 0. The van der Waals surface area contributed by atoms with Crippen molar-refractivity contribution < 1.29 is 14.5 Å². The maximum absolute atomic E-state index is 12.1. The minimum absolute atomic E-state index is 0.0542. The van der Waals surface area contributed by atoms with Crippen LogP contribution in [0, 0.1) is 10.1 Å². The molecule has 0 atom stereocenters. The Bertz CT molecular complexity index is 1120. The topological polar surface area (TPSA) is 81.8 Å². The third-order valence-electron chi connectivity index (χ3n) is 4.24. The molecule has 0 unspecified atom stereocenters. The number of nitro groups is 1. The molecular weight excluding hydrogens is 356 g/mol. The number of carbonyl (C=O) groups is 1. The number of nitro benzene ring substituents is 1. The zero-order valence-electron chi connectivity index (χ0n) is 14.6. The highest BCUT2D eigenvalue weighted by Crippen LogP contribution is 2.23. The van der Waals surface area contributed by atoms with E-state index in [0.29, 0.717) is 11.1 Å². The number of aliphatic imine (C=N–C) groups is 1. The largest absolute Gasteiger partial charge is 0.402 e. The number of benzene rings is 3. The highest BCUT2D eigenvalue weighted by molar-refractivity contribution is 6.13. The third-order valence-corrected chi connectivity index (χ3v) is 4.24. The van der Waals surface area contributed by atoms with Gasteiger partial charge in [0.05, 0.1) is 4.92 Å². The number of cyclic esters (lactones) is 1. The molecule has 0 amide bonds. The van der Waals surface area contributed by atoms with Crippen molar-refractivity contribution >= 4 is 23.6 Å². The molecule has 4 rings (SSSR count). The third kappa shape index (κ3) is 3.57. The Kier molecular flexibility index (Phi) is 4.51. The first-order chi connectivity index (χ1) is 13.6. The summed E-state index contributed by atoms with van der Waals surface area (Å²) < 4.78 is 5.26. The van der Waals surface area contributed by atoms with Gasteiger partial charge in [0, 0.05) is 17.7 Å². The summed E-state index contributed by atoms with van der Waals surface area (Å²) in [7, 11) is 0. The Morgan fingerprint density at radius 2 is 1.54 bits per heavy atom. The summed E-state index contributed by atoms with van der Waals surface area (Å²) in [6.45, 7) is 0. The maximum Gasteiger partial charge on any atom is 0.363 e. The molecule has 0 aliphatic carbocycles. The van der Waals surface area contributed by atoms with E-state index in [1.807, 2.05) is 54.6 Å². The van der Waals surface area contributed by atoms with Gasteiger partial charge in [-0.2, -0.15) is 0 Å². The second-order valence-corrected chi connectivity index (χ2v) is 6.13. The van der Waals surface area contributed by atoms with Gasteiger partial charge in [-0.1, -0.05) is 54.6 Å². The van der Waals surface area contributed by atoms with E-state index in [4.69, 9.17) is 4.74 Å². The van der Waals surface area contributed by atoms with Gasteiger partial charge in [-0.25, -0.2) is 9.79 Å². The number of rotatable bonds is 4. The van der Waals surface area contributed by atoms with E-state index in [1.165, 1.54) is 18.2 Å². The van der Waals surface area contributed by atoms with Gasteiger partial charge in [-0.05, 0) is 34.9 Å². The maximum atomic E-state index is 12.1. The van der Waals surface area contributed by atoms with Gasteiger partial charge in [0.15, 0.2) is 5.70 Å². The van der Waals surface area contributed by atoms with Crippen LogP contribution >= 0.6 is 0 Å². The lowest BCUT2D eigenvalue weighted by Gasteiger charge is -2.03. The first-order valence-electron chi connectivity index (χ1n) is 8.53. The molecule has 0 radical (unpaired) electrons.